The molecule has 21 heavy (non-hydrogen) atoms. The zero-order valence-electron chi connectivity index (χ0n) is 12.0. The van der Waals surface area contributed by atoms with Crippen molar-refractivity contribution < 1.29 is 13.2 Å². The molecule has 2 rings (SSSR count). The SMILES string of the molecule is CCNC(CC)c1ccccc1-n1cc(C(F)(F)F)cn1. The summed E-state index contributed by atoms with van der Waals surface area (Å²) in [7, 11) is 0. The van der Waals surface area contributed by atoms with Crippen LogP contribution >= 0.6 is 0 Å². The van der Waals surface area contributed by atoms with E-state index in [1.165, 1.54) is 4.68 Å². The third kappa shape index (κ3) is 3.44. The summed E-state index contributed by atoms with van der Waals surface area (Å²) >= 11 is 0. The molecule has 2 aromatic rings. The van der Waals surface area contributed by atoms with Gasteiger partial charge in [-0.1, -0.05) is 32.0 Å². The molecular formula is C15H18F3N3. The number of halogens is 3. The number of hydrogen-bond donors (Lipinski definition) is 1. The summed E-state index contributed by atoms with van der Waals surface area (Å²) in [6.07, 6.45) is -1.65. The Labute approximate surface area is 121 Å². The van der Waals surface area contributed by atoms with Crippen LogP contribution in [0.1, 0.15) is 37.4 Å². The highest BCUT2D eigenvalue weighted by atomic mass is 19.4. The molecule has 0 bridgehead atoms. The third-order valence-corrected chi connectivity index (χ3v) is 3.33. The number of nitrogens with zero attached hydrogens (tertiary/aromatic N) is 2. The minimum Gasteiger partial charge on any atom is -0.310 e. The van der Waals surface area contributed by atoms with Crippen LogP contribution in [0.5, 0.6) is 0 Å². The summed E-state index contributed by atoms with van der Waals surface area (Å²) in [6, 6.07) is 7.47. The first-order valence-electron chi connectivity index (χ1n) is 6.92. The molecule has 6 heteroatoms. The van der Waals surface area contributed by atoms with Crippen LogP contribution in [0.4, 0.5) is 13.2 Å². The van der Waals surface area contributed by atoms with Crippen LogP contribution in [0.3, 0.4) is 0 Å². The fraction of sp³-hybridized carbons (Fsp3) is 0.400. The van der Waals surface area contributed by atoms with E-state index >= 15 is 0 Å². The predicted octanol–water partition coefficient (Wildman–Crippen LogP) is 3.95. The molecule has 1 N–H and O–H groups in total. The number of alkyl halides is 3. The number of nitrogens with one attached hydrogen (secondary N) is 1. The van der Waals surface area contributed by atoms with E-state index in [9.17, 15) is 13.2 Å². The molecule has 1 unspecified atom stereocenters. The molecule has 1 aromatic heterocycles. The van der Waals surface area contributed by atoms with E-state index < -0.39 is 11.7 Å². The molecule has 1 atom stereocenters. The average molecular weight is 297 g/mol. The number of aromatic nitrogens is 2. The van der Waals surface area contributed by atoms with E-state index in [4.69, 9.17) is 0 Å². The van der Waals surface area contributed by atoms with Gasteiger partial charge in [-0.05, 0) is 24.6 Å². The van der Waals surface area contributed by atoms with Gasteiger partial charge < -0.3 is 5.32 Å². The molecule has 0 aliphatic rings. The van der Waals surface area contributed by atoms with E-state index in [1.54, 1.807) is 12.1 Å². The number of para-hydroxylation sites is 1. The van der Waals surface area contributed by atoms with Gasteiger partial charge in [-0.3, -0.25) is 0 Å². The monoisotopic (exact) mass is 297 g/mol. The molecule has 1 aromatic carbocycles. The molecule has 3 nitrogen and oxygen atoms in total. The highest BCUT2D eigenvalue weighted by Crippen LogP contribution is 2.30. The van der Waals surface area contributed by atoms with Gasteiger partial charge in [-0.25, -0.2) is 4.68 Å². The maximum atomic E-state index is 12.7. The molecule has 0 spiro atoms. The van der Waals surface area contributed by atoms with E-state index in [2.05, 4.69) is 10.4 Å². The van der Waals surface area contributed by atoms with Crippen LogP contribution in [-0.2, 0) is 6.18 Å². The molecule has 0 fully saturated rings. The van der Waals surface area contributed by atoms with Crippen molar-refractivity contribution >= 4 is 0 Å². The van der Waals surface area contributed by atoms with Crippen molar-refractivity contribution in [2.45, 2.75) is 32.5 Å². The maximum absolute atomic E-state index is 12.7. The first-order chi connectivity index (χ1) is 9.97. The smallest absolute Gasteiger partial charge is 0.310 e. The summed E-state index contributed by atoms with van der Waals surface area (Å²) in [5.41, 5.74) is 0.869. The quantitative estimate of drug-likeness (QED) is 0.905. The van der Waals surface area contributed by atoms with Crippen molar-refractivity contribution in [2.75, 3.05) is 6.54 Å². The lowest BCUT2D eigenvalue weighted by Gasteiger charge is -2.19. The summed E-state index contributed by atoms with van der Waals surface area (Å²) < 4.78 is 39.4. The van der Waals surface area contributed by atoms with E-state index in [1.807, 2.05) is 26.0 Å². The molecule has 0 saturated heterocycles. The summed E-state index contributed by atoms with van der Waals surface area (Å²) in [5.74, 6) is 0. The molecule has 1 heterocycles. The van der Waals surface area contributed by atoms with E-state index in [0.29, 0.717) is 5.69 Å². The largest absolute Gasteiger partial charge is 0.419 e. The first kappa shape index (κ1) is 15.6. The van der Waals surface area contributed by atoms with Gasteiger partial charge in [0, 0.05) is 12.2 Å². The van der Waals surface area contributed by atoms with Gasteiger partial charge in [0.05, 0.1) is 17.4 Å². The Morgan fingerprint density at radius 1 is 1.24 bits per heavy atom. The van der Waals surface area contributed by atoms with Gasteiger partial charge in [0.2, 0.25) is 0 Å². The van der Waals surface area contributed by atoms with Crippen LogP contribution in [-0.4, -0.2) is 16.3 Å². The number of hydrogen-bond acceptors (Lipinski definition) is 2. The topological polar surface area (TPSA) is 29.9 Å². The number of rotatable bonds is 5. The molecular weight excluding hydrogens is 279 g/mol. The molecule has 0 amide bonds. The molecule has 0 aliphatic heterocycles. The van der Waals surface area contributed by atoms with Crippen LogP contribution in [0, 0.1) is 0 Å². The fourth-order valence-corrected chi connectivity index (χ4v) is 2.31. The lowest BCUT2D eigenvalue weighted by molar-refractivity contribution is -0.137. The lowest BCUT2D eigenvalue weighted by Crippen LogP contribution is -2.21. The standard InChI is InChI=1S/C15H18F3N3/c1-3-13(19-4-2)12-7-5-6-8-14(12)21-10-11(9-20-21)15(16,17)18/h5-10,13,19H,3-4H2,1-2H3. The van der Waals surface area contributed by atoms with Gasteiger partial charge in [-0.2, -0.15) is 18.3 Å². The van der Waals surface area contributed by atoms with Crippen molar-refractivity contribution in [3.05, 3.63) is 47.8 Å². The zero-order valence-corrected chi connectivity index (χ0v) is 12.0. The van der Waals surface area contributed by atoms with Crippen molar-refractivity contribution in [3.8, 4) is 5.69 Å². The van der Waals surface area contributed by atoms with Crippen molar-refractivity contribution in [1.82, 2.24) is 15.1 Å². The van der Waals surface area contributed by atoms with Gasteiger partial charge in [0.1, 0.15) is 0 Å². The fourth-order valence-electron chi connectivity index (χ4n) is 2.31. The second-order valence-corrected chi connectivity index (χ2v) is 4.75. The summed E-state index contributed by atoms with van der Waals surface area (Å²) in [4.78, 5) is 0. The van der Waals surface area contributed by atoms with Gasteiger partial charge in [0.15, 0.2) is 0 Å². The highest BCUT2D eigenvalue weighted by Gasteiger charge is 2.32. The van der Waals surface area contributed by atoms with Crippen molar-refractivity contribution in [2.24, 2.45) is 0 Å². The molecule has 0 radical (unpaired) electrons. The Balaban J connectivity index is 2.42. The second kappa shape index (κ2) is 6.30. The maximum Gasteiger partial charge on any atom is 0.419 e. The summed E-state index contributed by atoms with van der Waals surface area (Å²) in [6.45, 7) is 4.83. The van der Waals surface area contributed by atoms with Crippen molar-refractivity contribution in [3.63, 3.8) is 0 Å². The first-order valence-corrected chi connectivity index (χ1v) is 6.92. The normalized spacial score (nSPS) is 13.4. The zero-order chi connectivity index (χ0) is 15.5. The third-order valence-electron chi connectivity index (χ3n) is 3.33. The Bertz CT molecular complexity index is 590. The van der Waals surface area contributed by atoms with E-state index in [-0.39, 0.29) is 6.04 Å². The van der Waals surface area contributed by atoms with Crippen LogP contribution in [0.25, 0.3) is 5.69 Å². The van der Waals surface area contributed by atoms with Crippen LogP contribution in [0.15, 0.2) is 36.7 Å². The minimum absolute atomic E-state index is 0.0877. The van der Waals surface area contributed by atoms with E-state index in [0.717, 1.165) is 30.9 Å². The predicted molar refractivity (Wildman–Crippen MR) is 75.3 cm³/mol. The Morgan fingerprint density at radius 3 is 2.52 bits per heavy atom. The van der Waals surface area contributed by atoms with Crippen molar-refractivity contribution in [1.29, 1.82) is 0 Å². The highest BCUT2D eigenvalue weighted by molar-refractivity contribution is 5.42. The lowest BCUT2D eigenvalue weighted by atomic mass is 10.0. The van der Waals surface area contributed by atoms with Gasteiger partial charge in [-0.15, -0.1) is 0 Å². The molecule has 0 saturated carbocycles. The van der Waals surface area contributed by atoms with Gasteiger partial charge >= 0.3 is 6.18 Å². The Kier molecular flexibility index (Phi) is 4.67. The summed E-state index contributed by atoms with van der Waals surface area (Å²) in [5, 5.41) is 7.19. The number of benzene rings is 1. The van der Waals surface area contributed by atoms with Crippen LogP contribution in [0.2, 0.25) is 0 Å². The average Bonchev–Trinajstić information content (AvgIpc) is 2.94. The van der Waals surface area contributed by atoms with Crippen LogP contribution < -0.4 is 5.32 Å². The Hall–Kier alpha value is -1.82. The molecule has 114 valence electrons. The Morgan fingerprint density at radius 2 is 1.95 bits per heavy atom. The van der Waals surface area contributed by atoms with Gasteiger partial charge in [0.25, 0.3) is 0 Å². The second-order valence-electron chi connectivity index (χ2n) is 4.75. The molecule has 0 aliphatic carbocycles. The minimum atomic E-state index is -4.38.